The Kier molecular flexibility index (Phi) is 0.881. The zero-order valence-electron chi connectivity index (χ0n) is 17.0. The lowest BCUT2D eigenvalue weighted by atomic mass is 9.93. The number of fused-ring (bicyclic) bond motifs is 2. The van der Waals surface area contributed by atoms with Crippen LogP contribution in [-0.2, 0) is 0 Å². The maximum Gasteiger partial charge on any atom is 0.0629 e. The van der Waals surface area contributed by atoms with Gasteiger partial charge in [-0.25, -0.2) is 0 Å². The van der Waals surface area contributed by atoms with E-state index in [1.54, 1.807) is 13.8 Å². The zero-order chi connectivity index (χ0) is 18.1. The van der Waals surface area contributed by atoms with Gasteiger partial charge < -0.3 is 0 Å². The lowest BCUT2D eigenvalue weighted by Gasteiger charge is -2.11. The molecule has 0 spiro atoms. The van der Waals surface area contributed by atoms with Crippen molar-refractivity contribution in [3.8, 4) is 0 Å². The number of hydrogen-bond acceptors (Lipinski definition) is 0. The van der Waals surface area contributed by atoms with Crippen LogP contribution in [0.2, 0.25) is 0 Å². The molecule has 3 aromatic rings. The average Bonchev–Trinajstić information content (AvgIpc) is 2.55. The molecule has 3 rings (SSSR count). The molecule has 0 amide bonds. The van der Waals surface area contributed by atoms with Crippen LogP contribution in [0.1, 0.15) is 22.1 Å². The quantitative estimate of drug-likeness (QED) is 0.479. The fraction of sp³-hybridized carbons (Fsp3) is 0.125. The molecule has 0 bridgehead atoms. The van der Waals surface area contributed by atoms with Crippen LogP contribution in [0.4, 0.5) is 0 Å². The second-order valence-electron chi connectivity index (χ2n) is 3.75. The summed E-state index contributed by atoms with van der Waals surface area (Å²) in [5, 5.41) is 1.21. The standard InChI is InChI=1S/C16H14/c1-11-13-7-3-5-9-15(13)12(2)16-10-6-4-8-14(11)16/h3-10H,1-2H3/i3D,4D,5D,6D,7D,8D,9D,10D. The molecule has 0 aliphatic heterocycles. The first-order valence-electron chi connectivity index (χ1n) is 9.00. The Bertz CT molecular complexity index is 888. The third-order valence-corrected chi connectivity index (χ3v) is 2.88. The van der Waals surface area contributed by atoms with Gasteiger partial charge in [0.2, 0.25) is 0 Å². The summed E-state index contributed by atoms with van der Waals surface area (Å²) in [6.07, 6.45) is 0. The average molecular weight is 214 g/mol. The molecule has 0 aliphatic carbocycles. The summed E-state index contributed by atoms with van der Waals surface area (Å²) < 4.78 is 64.2. The van der Waals surface area contributed by atoms with Crippen molar-refractivity contribution in [3.05, 3.63) is 59.5 Å². The van der Waals surface area contributed by atoms with Gasteiger partial charge in [-0.3, -0.25) is 0 Å². The molecule has 0 atom stereocenters. The van der Waals surface area contributed by atoms with Crippen LogP contribution in [0, 0.1) is 13.8 Å². The van der Waals surface area contributed by atoms with E-state index in [1.165, 1.54) is 0 Å². The predicted molar refractivity (Wildman–Crippen MR) is 70.9 cm³/mol. The molecule has 0 aliphatic rings. The van der Waals surface area contributed by atoms with E-state index in [-0.39, 0.29) is 48.3 Å². The maximum atomic E-state index is 8.18. The second kappa shape index (κ2) is 3.34. The molecule has 78 valence electrons. The molecule has 0 aromatic heterocycles. The molecule has 3 aromatic carbocycles. The topological polar surface area (TPSA) is 0 Å². The Morgan fingerprint density at radius 2 is 0.875 bits per heavy atom. The molecule has 16 heavy (non-hydrogen) atoms. The molecular weight excluding hydrogens is 192 g/mol. The van der Waals surface area contributed by atoms with Crippen molar-refractivity contribution in [1.82, 2.24) is 0 Å². The largest absolute Gasteiger partial charge is 0.0629 e. The van der Waals surface area contributed by atoms with Crippen molar-refractivity contribution in [2.24, 2.45) is 0 Å². The van der Waals surface area contributed by atoms with E-state index in [4.69, 9.17) is 11.0 Å². The third-order valence-electron chi connectivity index (χ3n) is 2.88. The van der Waals surface area contributed by atoms with Gasteiger partial charge in [0.15, 0.2) is 0 Å². The summed E-state index contributed by atoms with van der Waals surface area (Å²) in [4.78, 5) is 0. The van der Waals surface area contributed by atoms with E-state index >= 15 is 0 Å². The van der Waals surface area contributed by atoms with Gasteiger partial charge in [-0.2, -0.15) is 0 Å². The third kappa shape index (κ3) is 1.16. The van der Waals surface area contributed by atoms with Gasteiger partial charge in [0.1, 0.15) is 0 Å². The van der Waals surface area contributed by atoms with Crippen molar-refractivity contribution < 1.29 is 11.0 Å². The maximum absolute atomic E-state index is 8.18. The van der Waals surface area contributed by atoms with Gasteiger partial charge in [-0.1, -0.05) is 48.3 Å². The smallest absolute Gasteiger partial charge is 0.0616 e. The SMILES string of the molecule is [2H]c1c([2H])c([2H])c2c(C)c3c([2H])c([2H])c([2H])c([2H])c3c(C)c2c1[2H]. The normalized spacial score (nSPS) is 18.1. The minimum atomic E-state index is -0.352. The first-order valence-corrected chi connectivity index (χ1v) is 5.00. The van der Waals surface area contributed by atoms with Crippen LogP contribution in [0.3, 0.4) is 0 Å². The first-order chi connectivity index (χ1) is 11.1. The van der Waals surface area contributed by atoms with Crippen LogP contribution in [0.15, 0.2) is 48.3 Å². The van der Waals surface area contributed by atoms with Gasteiger partial charge in [0.05, 0.1) is 11.0 Å². The second-order valence-corrected chi connectivity index (χ2v) is 3.75. The van der Waals surface area contributed by atoms with E-state index in [0.29, 0.717) is 32.7 Å². The Balaban J connectivity index is 2.82. The summed E-state index contributed by atoms with van der Waals surface area (Å²) in [5.74, 6) is 0. The zero-order valence-corrected chi connectivity index (χ0v) is 9.00. The fourth-order valence-electron chi connectivity index (χ4n) is 2.00. The Labute approximate surface area is 107 Å². The predicted octanol–water partition coefficient (Wildman–Crippen LogP) is 4.61. The van der Waals surface area contributed by atoms with Crippen molar-refractivity contribution >= 4 is 21.5 Å². The number of benzene rings is 3. The summed E-state index contributed by atoms with van der Waals surface area (Å²) in [6.45, 7) is 3.26. The highest BCUT2D eigenvalue weighted by Gasteiger charge is 2.06. The minimum absolute atomic E-state index is 0.194. The number of rotatable bonds is 0. The molecule has 0 unspecified atom stereocenters. The van der Waals surface area contributed by atoms with Gasteiger partial charge >= 0.3 is 0 Å². The summed E-state index contributed by atoms with van der Waals surface area (Å²) in [6, 6.07) is -2.18. The van der Waals surface area contributed by atoms with Crippen LogP contribution >= 0.6 is 0 Å². The van der Waals surface area contributed by atoms with E-state index in [0.717, 1.165) is 0 Å². The van der Waals surface area contributed by atoms with Crippen LogP contribution in [0.25, 0.3) is 21.5 Å². The van der Waals surface area contributed by atoms with Crippen molar-refractivity contribution in [1.29, 1.82) is 0 Å². The monoisotopic (exact) mass is 214 g/mol. The summed E-state index contributed by atoms with van der Waals surface area (Å²) >= 11 is 0. The summed E-state index contributed by atoms with van der Waals surface area (Å²) in [7, 11) is 0. The molecule has 0 heteroatoms. The van der Waals surface area contributed by atoms with E-state index in [9.17, 15) is 0 Å². The lowest BCUT2D eigenvalue weighted by molar-refractivity contribution is 1.52. The van der Waals surface area contributed by atoms with Crippen molar-refractivity contribution in [2.75, 3.05) is 0 Å². The van der Waals surface area contributed by atoms with Crippen LogP contribution in [-0.4, -0.2) is 0 Å². The highest BCUT2D eigenvalue weighted by molar-refractivity contribution is 6.05. The fourth-order valence-corrected chi connectivity index (χ4v) is 2.00. The molecule has 0 heterocycles. The Morgan fingerprint density at radius 1 is 0.625 bits per heavy atom. The van der Waals surface area contributed by atoms with Gasteiger partial charge in [-0.05, 0) is 46.5 Å². The molecular formula is C16H14. The number of hydrogen-bond donors (Lipinski definition) is 0. The lowest BCUT2D eigenvalue weighted by Crippen LogP contribution is -1.87. The summed E-state index contributed by atoms with van der Waals surface area (Å²) in [5.41, 5.74) is 0.870. The highest BCUT2D eigenvalue weighted by atomic mass is 14.1. The number of aryl methyl sites for hydroxylation is 2. The molecule has 0 nitrogen and oxygen atoms in total. The van der Waals surface area contributed by atoms with Crippen molar-refractivity contribution in [2.45, 2.75) is 13.8 Å². The highest BCUT2D eigenvalue weighted by Crippen LogP contribution is 2.31. The van der Waals surface area contributed by atoms with E-state index in [2.05, 4.69) is 0 Å². The Morgan fingerprint density at radius 3 is 1.12 bits per heavy atom. The van der Waals surface area contributed by atoms with E-state index < -0.39 is 0 Å². The molecule has 0 saturated heterocycles. The van der Waals surface area contributed by atoms with E-state index in [1.807, 2.05) is 0 Å². The molecule has 0 saturated carbocycles. The van der Waals surface area contributed by atoms with Crippen LogP contribution in [0.5, 0.6) is 0 Å². The van der Waals surface area contributed by atoms with Gasteiger partial charge in [0.25, 0.3) is 0 Å². The minimum Gasteiger partial charge on any atom is -0.0616 e. The molecule has 0 fully saturated rings. The van der Waals surface area contributed by atoms with Crippen molar-refractivity contribution in [3.63, 3.8) is 0 Å². The van der Waals surface area contributed by atoms with Gasteiger partial charge in [-0.15, -0.1) is 0 Å². The van der Waals surface area contributed by atoms with Gasteiger partial charge in [0, 0.05) is 0 Å². The first kappa shape index (κ1) is 4.21. The molecule has 0 radical (unpaired) electrons. The Hall–Kier alpha value is -1.82. The molecule has 0 N–H and O–H groups in total. The van der Waals surface area contributed by atoms with Crippen LogP contribution < -0.4 is 0 Å².